The molecule has 0 bridgehead atoms. The molecule has 14 heteroatoms. The fraction of sp³-hybridized carbons (Fsp3) is 0.545. The quantitative estimate of drug-likeness (QED) is 0.405. The van der Waals surface area contributed by atoms with Gasteiger partial charge in [-0.3, -0.25) is 24.1 Å². The molecular formula is C33H43N5O8S. The van der Waals surface area contributed by atoms with E-state index in [1.165, 1.54) is 4.90 Å². The number of ether oxygens (including phenoxy) is 2. The summed E-state index contributed by atoms with van der Waals surface area (Å²) in [7, 11) is -3.90. The lowest BCUT2D eigenvalue weighted by molar-refractivity contribution is -0.141. The number of rotatable bonds is 5. The van der Waals surface area contributed by atoms with Crippen LogP contribution in [0, 0.1) is 5.92 Å². The van der Waals surface area contributed by atoms with Crippen molar-refractivity contribution in [1.82, 2.24) is 25.2 Å². The lowest BCUT2D eigenvalue weighted by Gasteiger charge is -2.30. The number of nitrogens with one attached hydrogen (secondary N) is 3. The lowest BCUT2D eigenvalue weighted by atomic mass is 10.0. The van der Waals surface area contributed by atoms with E-state index in [-0.39, 0.29) is 19.4 Å². The molecule has 2 aromatic rings. The number of allylic oxidation sites excluding steroid dienone is 1. The molecule has 3 aliphatic rings. The molecule has 47 heavy (non-hydrogen) atoms. The third-order valence-electron chi connectivity index (χ3n) is 8.52. The number of carbonyl (C=O) groups is 4. The zero-order chi connectivity index (χ0) is 34.0. The van der Waals surface area contributed by atoms with Gasteiger partial charge in [0.2, 0.25) is 21.8 Å². The van der Waals surface area contributed by atoms with Gasteiger partial charge < -0.3 is 25.0 Å². The number of pyridine rings is 1. The molecule has 13 nitrogen and oxygen atoms in total. The van der Waals surface area contributed by atoms with E-state index in [2.05, 4.69) is 15.6 Å². The summed E-state index contributed by atoms with van der Waals surface area (Å²) < 4.78 is 37.8. The maximum Gasteiger partial charge on any atom is 0.408 e. The van der Waals surface area contributed by atoms with Crippen LogP contribution in [0.25, 0.3) is 10.9 Å². The van der Waals surface area contributed by atoms with Crippen LogP contribution >= 0.6 is 0 Å². The predicted molar refractivity (Wildman–Crippen MR) is 174 cm³/mol. The van der Waals surface area contributed by atoms with Crippen LogP contribution in [0.3, 0.4) is 0 Å². The number of hydrogen-bond acceptors (Lipinski definition) is 9. The summed E-state index contributed by atoms with van der Waals surface area (Å²) in [6.45, 7) is 5.21. The number of carbonyl (C=O) groups excluding carboxylic acids is 4. The molecule has 254 valence electrons. The van der Waals surface area contributed by atoms with Crippen LogP contribution in [0.5, 0.6) is 5.75 Å². The summed E-state index contributed by atoms with van der Waals surface area (Å²) >= 11 is 0. The van der Waals surface area contributed by atoms with Gasteiger partial charge in [0.05, 0.1) is 18.3 Å². The van der Waals surface area contributed by atoms with Crippen molar-refractivity contribution in [3.63, 3.8) is 0 Å². The number of benzene rings is 1. The first-order valence-electron chi connectivity index (χ1n) is 16.0. The molecule has 5 atom stereocenters. The number of fused-ring (bicyclic) bond motifs is 3. The first-order chi connectivity index (χ1) is 22.1. The smallest absolute Gasteiger partial charge is 0.408 e. The highest BCUT2D eigenvalue weighted by Gasteiger charge is 2.61. The van der Waals surface area contributed by atoms with Crippen molar-refractivity contribution in [1.29, 1.82) is 0 Å². The minimum atomic E-state index is -3.90. The monoisotopic (exact) mass is 669 g/mol. The Morgan fingerprint density at radius 2 is 1.87 bits per heavy atom. The highest BCUT2D eigenvalue weighted by atomic mass is 32.2. The molecule has 5 rings (SSSR count). The topological polar surface area (TPSA) is 173 Å². The molecule has 2 fully saturated rings. The summed E-state index contributed by atoms with van der Waals surface area (Å²) in [6.07, 6.45) is 8.45. The van der Waals surface area contributed by atoms with Gasteiger partial charge in [-0.05, 0) is 64.7 Å². The molecule has 1 saturated heterocycles. The van der Waals surface area contributed by atoms with Crippen molar-refractivity contribution >= 4 is 44.7 Å². The lowest BCUT2D eigenvalue weighted by Crippen LogP contribution is -2.58. The minimum absolute atomic E-state index is 0.0337. The Hall–Kier alpha value is -4.20. The first kappa shape index (κ1) is 34.1. The second-order valence-corrected chi connectivity index (χ2v) is 15.3. The van der Waals surface area contributed by atoms with Gasteiger partial charge in [0.15, 0.2) is 0 Å². The van der Waals surface area contributed by atoms with Crippen LogP contribution in [0.4, 0.5) is 4.79 Å². The van der Waals surface area contributed by atoms with Crippen molar-refractivity contribution in [2.75, 3.05) is 12.8 Å². The number of para-hydroxylation sites is 1. The van der Waals surface area contributed by atoms with Crippen molar-refractivity contribution in [2.24, 2.45) is 5.92 Å². The molecule has 1 saturated carbocycles. The van der Waals surface area contributed by atoms with Crippen LogP contribution in [-0.4, -0.2) is 84.2 Å². The summed E-state index contributed by atoms with van der Waals surface area (Å²) in [4.78, 5) is 60.2. The van der Waals surface area contributed by atoms with Crippen LogP contribution in [0.1, 0.15) is 65.7 Å². The highest BCUT2D eigenvalue weighted by Crippen LogP contribution is 2.45. The number of nitrogens with zero attached hydrogens (tertiary/aromatic N) is 2. The molecule has 1 aromatic heterocycles. The number of sulfonamides is 1. The molecule has 1 aliphatic carbocycles. The SMILES string of the molecule is CC(C)(C)OC(=O)N[C@H]1CCCCCC=CC2C[C@@]2(C(=O)NS(C)(=O)=O)NC(=O)[C@@H]2C[C@@H](Oc3ccnc4ccccc34)CN2C1=O. The van der Waals surface area contributed by atoms with Crippen LogP contribution in [-0.2, 0) is 29.1 Å². The standard InChI is InChI=1S/C33H43N5O8S/c1-32(2,3)46-31(42)35-25-15-9-7-5-6-8-12-21-19-33(21,30(41)37-47(4,43)44)36-28(39)26-18-22(20-38(26)29(25)40)45-27-16-17-34-24-14-11-10-13-23(24)27/h8,10-14,16-17,21-22,25-26H,5-7,9,15,18-20H2,1-4H3,(H,35,42)(H,36,39)(H,37,41)/t21?,22-,25+,26+,33-/m1/s1. The van der Waals surface area contributed by atoms with Gasteiger partial charge in [0.1, 0.15) is 35.1 Å². The number of alkyl carbamates (subject to hydrolysis) is 1. The average Bonchev–Trinajstić information content (AvgIpc) is 3.51. The second-order valence-electron chi connectivity index (χ2n) is 13.5. The summed E-state index contributed by atoms with van der Waals surface area (Å²) in [5.41, 5.74) is -1.55. The molecule has 4 amide bonds. The largest absolute Gasteiger partial charge is 0.488 e. The second kappa shape index (κ2) is 13.5. The third kappa shape index (κ3) is 8.40. The Morgan fingerprint density at radius 3 is 2.62 bits per heavy atom. The fourth-order valence-corrected chi connectivity index (χ4v) is 6.75. The van der Waals surface area contributed by atoms with Crippen LogP contribution in [0.2, 0.25) is 0 Å². The first-order valence-corrected chi connectivity index (χ1v) is 17.9. The van der Waals surface area contributed by atoms with Crippen molar-refractivity contribution in [3.05, 3.63) is 48.7 Å². The van der Waals surface area contributed by atoms with Crippen molar-refractivity contribution < 1.29 is 37.1 Å². The molecule has 1 unspecified atom stereocenters. The van der Waals surface area contributed by atoms with E-state index < -0.39 is 69.1 Å². The zero-order valence-electron chi connectivity index (χ0n) is 27.2. The molecule has 1 aromatic carbocycles. The van der Waals surface area contributed by atoms with Gasteiger partial charge in [-0.1, -0.05) is 37.1 Å². The van der Waals surface area contributed by atoms with E-state index in [0.717, 1.165) is 30.0 Å². The average molecular weight is 670 g/mol. The molecule has 2 aliphatic heterocycles. The number of hydrogen-bond donors (Lipinski definition) is 3. The maximum absolute atomic E-state index is 14.3. The molecular weight excluding hydrogens is 626 g/mol. The molecule has 0 radical (unpaired) electrons. The van der Waals surface area contributed by atoms with Gasteiger partial charge in [-0.15, -0.1) is 0 Å². The maximum atomic E-state index is 14.3. The summed E-state index contributed by atoms with van der Waals surface area (Å²) in [6, 6.07) is 7.13. The van der Waals surface area contributed by atoms with Crippen molar-refractivity contribution in [3.8, 4) is 5.75 Å². The van der Waals surface area contributed by atoms with Crippen LogP contribution < -0.4 is 20.1 Å². The van der Waals surface area contributed by atoms with Gasteiger partial charge >= 0.3 is 6.09 Å². The Labute approximate surface area is 274 Å². The van der Waals surface area contributed by atoms with E-state index in [1.54, 1.807) is 33.0 Å². The Bertz CT molecular complexity index is 1670. The number of aromatic nitrogens is 1. The predicted octanol–water partition coefficient (Wildman–Crippen LogP) is 2.95. The molecule has 3 heterocycles. The van der Waals surface area contributed by atoms with Gasteiger partial charge in [0.25, 0.3) is 5.91 Å². The Morgan fingerprint density at radius 1 is 1.11 bits per heavy atom. The van der Waals surface area contributed by atoms with E-state index >= 15 is 0 Å². The van der Waals surface area contributed by atoms with Gasteiger partial charge in [-0.2, -0.15) is 0 Å². The van der Waals surface area contributed by atoms with Gasteiger partial charge in [0, 0.05) is 23.9 Å². The van der Waals surface area contributed by atoms with E-state index in [9.17, 15) is 27.6 Å². The summed E-state index contributed by atoms with van der Waals surface area (Å²) in [5.74, 6) is -1.80. The normalized spacial score (nSPS) is 27.0. The van der Waals surface area contributed by atoms with Crippen LogP contribution in [0.15, 0.2) is 48.7 Å². The van der Waals surface area contributed by atoms with E-state index in [1.807, 2.05) is 41.1 Å². The fourth-order valence-electron chi connectivity index (χ4n) is 6.23. The van der Waals surface area contributed by atoms with Gasteiger partial charge in [-0.25, -0.2) is 13.2 Å². The molecule has 3 N–H and O–H groups in total. The Kier molecular flexibility index (Phi) is 9.81. The zero-order valence-corrected chi connectivity index (χ0v) is 28.0. The minimum Gasteiger partial charge on any atom is -0.488 e. The highest BCUT2D eigenvalue weighted by molar-refractivity contribution is 7.89. The molecule has 0 spiro atoms. The summed E-state index contributed by atoms with van der Waals surface area (Å²) in [5, 5.41) is 6.31. The van der Waals surface area contributed by atoms with Crippen molar-refractivity contribution in [2.45, 2.75) is 95.0 Å². The number of amides is 4. The Balaban J connectivity index is 1.47. The van der Waals surface area contributed by atoms with E-state index in [4.69, 9.17) is 9.47 Å². The third-order valence-corrected chi connectivity index (χ3v) is 9.07. The van der Waals surface area contributed by atoms with E-state index in [0.29, 0.717) is 25.0 Å².